The third-order valence-electron chi connectivity index (χ3n) is 6.90. The van der Waals surface area contributed by atoms with E-state index in [0.29, 0.717) is 10.6 Å². The standard InChI is InChI=1S/C27H36N2O7S/c30-22-17-16-20(25(33)28-22)29-26(34)19-13-12-14-21(24(19)27(29)35)37(36)18-11-9-7-5-3-1-2-4-6-8-10-15-23(31)32/h12-14,20H,1-11,15-18H2,(H,31,32)(H,28,30,33). The summed E-state index contributed by atoms with van der Waals surface area (Å²) in [5.74, 6) is -2.63. The lowest BCUT2D eigenvalue weighted by Gasteiger charge is -2.27. The lowest BCUT2D eigenvalue weighted by atomic mass is 10.0. The topological polar surface area (TPSA) is 144 Å². The minimum Gasteiger partial charge on any atom is -0.611 e. The van der Waals surface area contributed by atoms with Gasteiger partial charge in [-0.25, -0.2) is 0 Å². The van der Waals surface area contributed by atoms with Gasteiger partial charge >= 0.3 is 5.97 Å². The zero-order valence-electron chi connectivity index (χ0n) is 21.2. The van der Waals surface area contributed by atoms with Crippen LogP contribution in [0.25, 0.3) is 0 Å². The first kappa shape index (κ1) is 28.8. The second kappa shape index (κ2) is 14.3. The summed E-state index contributed by atoms with van der Waals surface area (Å²) in [6, 6.07) is 3.69. The molecule has 2 unspecified atom stereocenters. The summed E-state index contributed by atoms with van der Waals surface area (Å²) in [7, 11) is 0. The highest BCUT2D eigenvalue weighted by atomic mass is 32.2. The molecule has 0 aliphatic carbocycles. The number of benzene rings is 1. The number of amides is 4. The van der Waals surface area contributed by atoms with Crippen LogP contribution in [-0.4, -0.2) is 56.0 Å². The molecule has 0 saturated carbocycles. The SMILES string of the molecule is O=C(O)CCCCCCCCCCCCC[S+]([O-])c1cccc2c1C(=O)N(C1CCC(=O)NC1=O)C2=O. The van der Waals surface area contributed by atoms with Crippen molar-refractivity contribution in [3.63, 3.8) is 0 Å². The summed E-state index contributed by atoms with van der Waals surface area (Å²) in [5.41, 5.74) is 0.265. The van der Waals surface area contributed by atoms with Crippen LogP contribution in [0.5, 0.6) is 0 Å². The van der Waals surface area contributed by atoms with Gasteiger partial charge in [-0.3, -0.25) is 34.2 Å². The Kier molecular flexibility index (Phi) is 11.1. The van der Waals surface area contributed by atoms with Crippen LogP contribution in [0.15, 0.2) is 23.1 Å². The molecule has 1 aromatic carbocycles. The van der Waals surface area contributed by atoms with E-state index >= 15 is 0 Å². The van der Waals surface area contributed by atoms with Crippen molar-refractivity contribution >= 4 is 40.8 Å². The Morgan fingerprint density at radius 1 is 0.919 bits per heavy atom. The van der Waals surface area contributed by atoms with Crippen molar-refractivity contribution in [2.75, 3.05) is 5.75 Å². The third kappa shape index (κ3) is 7.88. The first-order valence-corrected chi connectivity index (χ1v) is 14.6. The largest absolute Gasteiger partial charge is 0.611 e. The maximum atomic E-state index is 13.1. The van der Waals surface area contributed by atoms with E-state index in [-0.39, 0.29) is 30.4 Å². The molecule has 1 saturated heterocycles. The molecular formula is C27H36N2O7S. The summed E-state index contributed by atoms with van der Waals surface area (Å²) < 4.78 is 13.0. The molecule has 9 nitrogen and oxygen atoms in total. The number of carbonyl (C=O) groups excluding carboxylic acids is 4. The fourth-order valence-electron chi connectivity index (χ4n) is 4.88. The molecule has 0 radical (unpaired) electrons. The molecule has 0 aromatic heterocycles. The first-order valence-electron chi connectivity index (χ1n) is 13.3. The molecule has 0 spiro atoms. The van der Waals surface area contributed by atoms with Crippen molar-refractivity contribution in [3.05, 3.63) is 29.3 Å². The number of fused-ring (bicyclic) bond motifs is 1. The zero-order chi connectivity index (χ0) is 26.8. The van der Waals surface area contributed by atoms with Gasteiger partial charge in [0.05, 0.1) is 5.56 Å². The minimum atomic E-state index is -1.44. The Hall–Kier alpha value is -2.72. The number of carboxylic acids is 1. The second-order valence-electron chi connectivity index (χ2n) is 9.71. The Labute approximate surface area is 220 Å². The molecule has 2 aliphatic rings. The lowest BCUT2D eigenvalue weighted by molar-refractivity contribution is -0.138. The van der Waals surface area contributed by atoms with Gasteiger partial charge in [0.1, 0.15) is 17.4 Å². The Morgan fingerprint density at radius 2 is 1.51 bits per heavy atom. The van der Waals surface area contributed by atoms with E-state index in [1.165, 1.54) is 18.9 Å². The van der Waals surface area contributed by atoms with Crippen LogP contribution in [0.1, 0.15) is 111 Å². The van der Waals surface area contributed by atoms with Gasteiger partial charge in [0.2, 0.25) is 11.8 Å². The number of hydrogen-bond donors (Lipinski definition) is 2. The smallest absolute Gasteiger partial charge is 0.303 e. The second-order valence-corrected chi connectivity index (χ2v) is 11.2. The fraction of sp³-hybridized carbons (Fsp3) is 0.593. The predicted octanol–water partition coefficient (Wildman–Crippen LogP) is 3.96. The molecule has 2 heterocycles. The Balaban J connectivity index is 1.38. The van der Waals surface area contributed by atoms with Gasteiger partial charge in [0, 0.05) is 12.8 Å². The maximum Gasteiger partial charge on any atom is 0.303 e. The number of nitrogens with one attached hydrogen (secondary N) is 1. The molecule has 0 bridgehead atoms. The number of imide groups is 2. The lowest BCUT2D eigenvalue weighted by Crippen LogP contribution is -2.54. The van der Waals surface area contributed by atoms with Crippen LogP contribution < -0.4 is 5.32 Å². The number of aliphatic carboxylic acids is 1. The van der Waals surface area contributed by atoms with Gasteiger partial charge in [-0.05, 0) is 49.0 Å². The molecule has 4 amide bonds. The molecule has 202 valence electrons. The fourth-order valence-corrected chi connectivity index (χ4v) is 6.23. The number of piperidine rings is 1. The van der Waals surface area contributed by atoms with Crippen molar-refractivity contribution in [2.24, 2.45) is 0 Å². The number of hydrogen-bond acceptors (Lipinski definition) is 6. The molecule has 37 heavy (non-hydrogen) atoms. The molecule has 2 N–H and O–H groups in total. The van der Waals surface area contributed by atoms with Crippen LogP contribution in [0.4, 0.5) is 0 Å². The van der Waals surface area contributed by atoms with Gasteiger partial charge in [0.25, 0.3) is 11.8 Å². The van der Waals surface area contributed by atoms with Gasteiger partial charge in [-0.15, -0.1) is 0 Å². The van der Waals surface area contributed by atoms with E-state index in [0.717, 1.165) is 62.7 Å². The van der Waals surface area contributed by atoms with Gasteiger partial charge < -0.3 is 9.66 Å². The van der Waals surface area contributed by atoms with E-state index in [9.17, 15) is 28.5 Å². The molecular weight excluding hydrogens is 496 g/mol. The summed E-state index contributed by atoms with van der Waals surface area (Å²) in [4.78, 5) is 61.5. The predicted molar refractivity (Wildman–Crippen MR) is 137 cm³/mol. The Morgan fingerprint density at radius 3 is 2.11 bits per heavy atom. The molecule has 2 atom stereocenters. The number of unbranched alkanes of at least 4 members (excludes halogenated alkanes) is 10. The number of nitrogens with zero attached hydrogens (tertiary/aromatic N) is 1. The minimum absolute atomic E-state index is 0.0528. The summed E-state index contributed by atoms with van der Waals surface area (Å²) in [5, 5.41) is 10.8. The number of rotatable bonds is 16. The average molecular weight is 533 g/mol. The number of carbonyl (C=O) groups is 5. The van der Waals surface area contributed by atoms with Crippen molar-refractivity contribution < 1.29 is 33.6 Å². The zero-order valence-corrected chi connectivity index (χ0v) is 22.0. The van der Waals surface area contributed by atoms with Crippen molar-refractivity contribution in [3.8, 4) is 0 Å². The first-order chi connectivity index (χ1) is 17.8. The van der Waals surface area contributed by atoms with E-state index in [1.54, 1.807) is 12.1 Å². The van der Waals surface area contributed by atoms with Crippen molar-refractivity contribution in [1.29, 1.82) is 0 Å². The van der Waals surface area contributed by atoms with Crippen LogP contribution in [0.2, 0.25) is 0 Å². The van der Waals surface area contributed by atoms with E-state index < -0.39 is 46.8 Å². The monoisotopic (exact) mass is 532 g/mol. The normalized spacial score (nSPS) is 18.2. The maximum absolute atomic E-state index is 13.1. The summed E-state index contributed by atoms with van der Waals surface area (Å²) >= 11 is -1.44. The quantitative estimate of drug-likeness (QED) is 0.186. The number of carboxylic acid groups (broad SMARTS) is 1. The van der Waals surface area contributed by atoms with Gasteiger partial charge in [-0.2, -0.15) is 0 Å². The summed E-state index contributed by atoms with van der Waals surface area (Å²) in [6.45, 7) is 0. The van der Waals surface area contributed by atoms with Gasteiger partial charge in [0.15, 0.2) is 4.90 Å². The highest BCUT2D eigenvalue weighted by Crippen LogP contribution is 2.32. The van der Waals surface area contributed by atoms with E-state index in [1.807, 2.05) is 0 Å². The van der Waals surface area contributed by atoms with Crippen molar-refractivity contribution in [1.82, 2.24) is 10.2 Å². The van der Waals surface area contributed by atoms with Crippen LogP contribution in [0.3, 0.4) is 0 Å². The highest BCUT2D eigenvalue weighted by molar-refractivity contribution is 7.91. The summed E-state index contributed by atoms with van der Waals surface area (Å²) in [6.07, 6.45) is 11.7. The molecule has 1 aromatic rings. The van der Waals surface area contributed by atoms with E-state index in [4.69, 9.17) is 5.11 Å². The highest BCUT2D eigenvalue weighted by Gasteiger charge is 2.47. The average Bonchev–Trinajstić information content (AvgIpc) is 3.11. The van der Waals surface area contributed by atoms with Crippen molar-refractivity contribution in [2.45, 2.75) is 101 Å². The van der Waals surface area contributed by atoms with Crippen LogP contribution >= 0.6 is 0 Å². The third-order valence-corrected chi connectivity index (χ3v) is 8.39. The molecule has 2 aliphatic heterocycles. The van der Waals surface area contributed by atoms with E-state index in [2.05, 4.69) is 5.32 Å². The Bertz CT molecular complexity index is 1010. The molecule has 1 fully saturated rings. The van der Waals surface area contributed by atoms with Gasteiger partial charge in [-0.1, -0.05) is 57.4 Å². The molecule has 10 heteroatoms. The van der Waals surface area contributed by atoms with Crippen LogP contribution in [0, 0.1) is 0 Å². The van der Waals surface area contributed by atoms with Crippen LogP contribution in [-0.2, 0) is 25.6 Å². The molecule has 3 rings (SSSR count).